The summed E-state index contributed by atoms with van der Waals surface area (Å²) in [4.78, 5) is 20.3. The van der Waals surface area contributed by atoms with Gasteiger partial charge in [0.25, 0.3) is 5.56 Å². The van der Waals surface area contributed by atoms with E-state index in [4.69, 9.17) is 4.74 Å². The average molecular weight is 286 g/mol. The number of nitrogens with zero attached hydrogens (tertiary/aromatic N) is 1. The van der Waals surface area contributed by atoms with Gasteiger partial charge in [-0.3, -0.25) is 4.79 Å². The summed E-state index contributed by atoms with van der Waals surface area (Å²) in [5.74, 6) is 1.50. The number of aromatic amines is 1. The Morgan fingerprint density at radius 1 is 1.40 bits per heavy atom. The fourth-order valence-electron chi connectivity index (χ4n) is 2.16. The topological polar surface area (TPSA) is 55.0 Å². The van der Waals surface area contributed by atoms with E-state index < -0.39 is 0 Å². The standard InChI is InChI=1S/C15H14N2O2S/c1-3-12-16-14(18)13-11(8-20-15(13)17-12)9-5-4-6-10(7-9)19-2/h4-8H,3H2,1-2H3,(H,16,17,18). The fourth-order valence-corrected chi connectivity index (χ4v) is 3.13. The van der Waals surface area contributed by atoms with Crippen molar-refractivity contribution < 1.29 is 4.74 Å². The number of thiophene rings is 1. The zero-order chi connectivity index (χ0) is 14.1. The molecule has 0 saturated carbocycles. The Morgan fingerprint density at radius 2 is 2.25 bits per heavy atom. The molecule has 0 aliphatic heterocycles. The Balaban J connectivity index is 2.24. The second-order valence-electron chi connectivity index (χ2n) is 4.43. The van der Waals surface area contributed by atoms with Crippen molar-refractivity contribution in [3.05, 3.63) is 45.8 Å². The average Bonchev–Trinajstić information content (AvgIpc) is 2.91. The molecule has 1 N–H and O–H groups in total. The molecule has 0 aliphatic carbocycles. The van der Waals surface area contributed by atoms with Crippen LogP contribution in [-0.4, -0.2) is 17.1 Å². The van der Waals surface area contributed by atoms with Crippen molar-refractivity contribution in [2.75, 3.05) is 7.11 Å². The predicted molar refractivity (Wildman–Crippen MR) is 81.6 cm³/mol. The first-order valence-electron chi connectivity index (χ1n) is 6.37. The number of ether oxygens (including phenoxy) is 1. The van der Waals surface area contributed by atoms with Crippen molar-refractivity contribution >= 4 is 21.6 Å². The van der Waals surface area contributed by atoms with Gasteiger partial charge in [-0.15, -0.1) is 11.3 Å². The van der Waals surface area contributed by atoms with Crippen molar-refractivity contribution in [1.29, 1.82) is 0 Å². The highest BCUT2D eigenvalue weighted by atomic mass is 32.1. The number of nitrogens with one attached hydrogen (secondary N) is 1. The number of benzene rings is 1. The Morgan fingerprint density at radius 3 is 3.00 bits per heavy atom. The lowest BCUT2D eigenvalue weighted by atomic mass is 10.1. The van der Waals surface area contributed by atoms with Gasteiger partial charge in [0.2, 0.25) is 0 Å². The monoisotopic (exact) mass is 286 g/mol. The Labute approximate surface area is 120 Å². The molecular weight excluding hydrogens is 272 g/mol. The van der Waals surface area contributed by atoms with E-state index >= 15 is 0 Å². The number of aromatic nitrogens is 2. The maximum absolute atomic E-state index is 12.2. The highest BCUT2D eigenvalue weighted by Crippen LogP contribution is 2.32. The van der Waals surface area contributed by atoms with E-state index in [0.717, 1.165) is 34.0 Å². The molecule has 2 heterocycles. The second-order valence-corrected chi connectivity index (χ2v) is 5.29. The molecule has 0 radical (unpaired) electrons. The van der Waals surface area contributed by atoms with Crippen LogP contribution in [0.25, 0.3) is 21.3 Å². The molecule has 0 saturated heterocycles. The fraction of sp³-hybridized carbons (Fsp3) is 0.200. The van der Waals surface area contributed by atoms with Crippen LogP contribution in [0.1, 0.15) is 12.7 Å². The van der Waals surface area contributed by atoms with Crippen LogP contribution in [0.3, 0.4) is 0 Å². The van der Waals surface area contributed by atoms with Gasteiger partial charge in [0.05, 0.1) is 12.5 Å². The van der Waals surface area contributed by atoms with Gasteiger partial charge in [-0.1, -0.05) is 19.1 Å². The second kappa shape index (κ2) is 5.09. The SMILES string of the molecule is CCc1nc2scc(-c3cccc(OC)c3)c2c(=O)[nH]1. The minimum atomic E-state index is -0.0779. The molecule has 0 amide bonds. The Bertz CT molecular complexity index is 820. The van der Waals surface area contributed by atoms with E-state index in [2.05, 4.69) is 9.97 Å². The van der Waals surface area contributed by atoms with Gasteiger partial charge in [-0.25, -0.2) is 4.98 Å². The van der Waals surface area contributed by atoms with Crippen LogP contribution in [0.15, 0.2) is 34.4 Å². The number of H-pyrrole nitrogens is 1. The summed E-state index contributed by atoms with van der Waals surface area (Å²) in [6.45, 7) is 1.97. The number of hydrogen-bond acceptors (Lipinski definition) is 4. The Hall–Kier alpha value is -2.14. The zero-order valence-corrected chi connectivity index (χ0v) is 12.1. The largest absolute Gasteiger partial charge is 0.497 e. The maximum Gasteiger partial charge on any atom is 0.260 e. The van der Waals surface area contributed by atoms with Gasteiger partial charge in [-0.2, -0.15) is 0 Å². The highest BCUT2D eigenvalue weighted by molar-refractivity contribution is 7.17. The number of aryl methyl sites for hydroxylation is 1. The van der Waals surface area contributed by atoms with Gasteiger partial charge in [0.15, 0.2) is 0 Å². The molecule has 0 aliphatic rings. The zero-order valence-electron chi connectivity index (χ0n) is 11.3. The molecule has 3 rings (SSSR count). The minimum absolute atomic E-state index is 0.0779. The van der Waals surface area contributed by atoms with Crippen LogP contribution in [-0.2, 0) is 6.42 Å². The molecule has 0 bridgehead atoms. The van der Waals surface area contributed by atoms with E-state index in [0.29, 0.717) is 5.39 Å². The smallest absolute Gasteiger partial charge is 0.260 e. The van der Waals surface area contributed by atoms with Crippen LogP contribution in [0.5, 0.6) is 5.75 Å². The molecule has 0 unspecified atom stereocenters. The summed E-state index contributed by atoms with van der Waals surface area (Å²) in [5.41, 5.74) is 1.79. The van der Waals surface area contributed by atoms with Crippen LogP contribution in [0.2, 0.25) is 0 Å². The van der Waals surface area contributed by atoms with Crippen LogP contribution in [0.4, 0.5) is 0 Å². The van der Waals surface area contributed by atoms with E-state index in [-0.39, 0.29) is 5.56 Å². The van der Waals surface area contributed by atoms with Crippen LogP contribution >= 0.6 is 11.3 Å². The van der Waals surface area contributed by atoms with Gasteiger partial charge < -0.3 is 9.72 Å². The first kappa shape index (κ1) is 12.9. The van der Waals surface area contributed by atoms with Gasteiger partial charge in [-0.05, 0) is 17.7 Å². The minimum Gasteiger partial charge on any atom is -0.497 e. The third-order valence-electron chi connectivity index (χ3n) is 3.21. The number of rotatable bonds is 3. The summed E-state index contributed by atoms with van der Waals surface area (Å²) in [6, 6.07) is 7.70. The lowest BCUT2D eigenvalue weighted by molar-refractivity contribution is 0.415. The number of hydrogen-bond donors (Lipinski definition) is 1. The molecule has 20 heavy (non-hydrogen) atoms. The summed E-state index contributed by atoms with van der Waals surface area (Å²) in [7, 11) is 1.63. The first-order valence-corrected chi connectivity index (χ1v) is 7.25. The van der Waals surface area contributed by atoms with Gasteiger partial charge >= 0.3 is 0 Å². The van der Waals surface area contributed by atoms with Crippen LogP contribution < -0.4 is 10.3 Å². The third kappa shape index (κ3) is 2.10. The quantitative estimate of drug-likeness (QED) is 0.804. The van der Waals surface area contributed by atoms with Crippen LogP contribution in [0, 0.1) is 0 Å². The molecule has 0 fully saturated rings. The number of methoxy groups -OCH3 is 1. The van der Waals surface area contributed by atoms with Gasteiger partial charge in [0.1, 0.15) is 16.4 Å². The lowest BCUT2D eigenvalue weighted by Crippen LogP contribution is -2.10. The maximum atomic E-state index is 12.2. The van der Waals surface area contributed by atoms with E-state index in [1.54, 1.807) is 7.11 Å². The summed E-state index contributed by atoms with van der Waals surface area (Å²) in [5, 5.41) is 2.63. The molecule has 5 heteroatoms. The van der Waals surface area contributed by atoms with Gasteiger partial charge in [0, 0.05) is 17.4 Å². The first-order chi connectivity index (χ1) is 9.72. The van der Waals surface area contributed by atoms with Crippen molar-refractivity contribution in [1.82, 2.24) is 9.97 Å². The third-order valence-corrected chi connectivity index (χ3v) is 4.08. The summed E-state index contributed by atoms with van der Waals surface area (Å²) >= 11 is 1.49. The van der Waals surface area contributed by atoms with E-state index in [1.807, 2.05) is 36.6 Å². The molecule has 1 aromatic carbocycles. The molecule has 0 spiro atoms. The molecular formula is C15H14N2O2S. The molecule has 4 nitrogen and oxygen atoms in total. The van der Waals surface area contributed by atoms with E-state index in [1.165, 1.54) is 11.3 Å². The molecule has 0 atom stereocenters. The number of fused-ring (bicyclic) bond motifs is 1. The normalized spacial score (nSPS) is 10.9. The Kier molecular flexibility index (Phi) is 3.28. The molecule has 2 aromatic heterocycles. The highest BCUT2D eigenvalue weighted by Gasteiger charge is 2.12. The van der Waals surface area contributed by atoms with Crippen molar-refractivity contribution in [3.8, 4) is 16.9 Å². The van der Waals surface area contributed by atoms with Crippen molar-refractivity contribution in [2.45, 2.75) is 13.3 Å². The lowest BCUT2D eigenvalue weighted by Gasteiger charge is -2.03. The van der Waals surface area contributed by atoms with Crippen molar-refractivity contribution in [3.63, 3.8) is 0 Å². The predicted octanol–water partition coefficient (Wildman–Crippen LogP) is 3.22. The molecule has 3 aromatic rings. The summed E-state index contributed by atoms with van der Waals surface area (Å²) < 4.78 is 5.23. The van der Waals surface area contributed by atoms with Crippen molar-refractivity contribution in [2.24, 2.45) is 0 Å². The summed E-state index contributed by atoms with van der Waals surface area (Å²) in [6.07, 6.45) is 0.720. The van der Waals surface area contributed by atoms with E-state index in [9.17, 15) is 4.79 Å². The molecule has 102 valence electrons.